The minimum absolute atomic E-state index is 0.353. The lowest BCUT2D eigenvalue weighted by molar-refractivity contribution is 0.0954. The first-order valence-corrected chi connectivity index (χ1v) is 8.10. The number of carbonyl (C=O) groups is 1. The number of rotatable bonds is 4. The number of aryl methyl sites for hydroxylation is 1. The van der Waals surface area contributed by atoms with E-state index in [1.807, 2.05) is 6.92 Å². The molecular formula is C18H13Cl2N3O2. The molecule has 25 heavy (non-hydrogen) atoms. The molecule has 0 saturated heterocycles. The second kappa shape index (κ2) is 7.51. The van der Waals surface area contributed by atoms with Gasteiger partial charge in [-0.15, -0.1) is 0 Å². The van der Waals surface area contributed by atoms with Gasteiger partial charge in [-0.05, 0) is 43.3 Å². The first-order chi connectivity index (χ1) is 12.0. The summed E-state index contributed by atoms with van der Waals surface area (Å²) in [7, 11) is 0. The summed E-state index contributed by atoms with van der Waals surface area (Å²) in [5.41, 5.74) is 4.36. The largest absolute Gasteiger partial charge is 0.455 e. The Morgan fingerprint density at radius 3 is 2.80 bits per heavy atom. The zero-order valence-corrected chi connectivity index (χ0v) is 14.7. The van der Waals surface area contributed by atoms with Crippen LogP contribution in [0.15, 0.2) is 58.2 Å². The zero-order chi connectivity index (χ0) is 17.8. The van der Waals surface area contributed by atoms with E-state index in [1.54, 1.807) is 42.5 Å². The average Bonchev–Trinajstić information content (AvgIpc) is 3.06. The van der Waals surface area contributed by atoms with E-state index in [2.05, 4.69) is 15.5 Å². The highest BCUT2D eigenvalue weighted by Gasteiger charge is 2.10. The average molecular weight is 374 g/mol. The number of nitrogens with zero attached hydrogens (tertiary/aromatic N) is 2. The lowest BCUT2D eigenvalue weighted by Gasteiger charge is -2.02. The molecule has 126 valence electrons. The topological polar surface area (TPSA) is 67.5 Å². The van der Waals surface area contributed by atoms with Crippen LogP contribution in [0.2, 0.25) is 10.0 Å². The van der Waals surface area contributed by atoms with Crippen molar-refractivity contribution in [2.45, 2.75) is 6.92 Å². The number of aromatic nitrogens is 1. The molecular weight excluding hydrogens is 361 g/mol. The second-order valence-corrected chi connectivity index (χ2v) is 5.98. The summed E-state index contributed by atoms with van der Waals surface area (Å²) in [6.45, 7) is 1.85. The van der Waals surface area contributed by atoms with Crippen LogP contribution >= 0.6 is 23.2 Å². The van der Waals surface area contributed by atoms with Gasteiger partial charge in [0.15, 0.2) is 0 Å². The van der Waals surface area contributed by atoms with E-state index in [1.165, 1.54) is 12.4 Å². The molecule has 0 bridgehead atoms. The molecule has 0 aliphatic carbocycles. The highest BCUT2D eigenvalue weighted by Crippen LogP contribution is 2.34. The third kappa shape index (κ3) is 4.07. The molecule has 0 atom stereocenters. The van der Waals surface area contributed by atoms with E-state index in [0.29, 0.717) is 32.7 Å². The van der Waals surface area contributed by atoms with Crippen LogP contribution in [0.25, 0.3) is 11.3 Å². The fraction of sp³-hybridized carbons (Fsp3) is 0.0556. The standard InChI is InChI=1S/C18H13Cl2N3O2/c1-11-5-6-12(9-21-11)18(24)23-22-10-13-7-8-16(25-13)14-3-2-4-15(19)17(14)20/h2-10H,1H3,(H,23,24)/b22-10-. The molecule has 0 aliphatic rings. The van der Waals surface area contributed by atoms with Crippen molar-refractivity contribution in [3.63, 3.8) is 0 Å². The fourth-order valence-electron chi connectivity index (χ4n) is 2.08. The van der Waals surface area contributed by atoms with Crippen LogP contribution in [-0.4, -0.2) is 17.1 Å². The van der Waals surface area contributed by atoms with Crippen molar-refractivity contribution in [1.82, 2.24) is 10.4 Å². The first kappa shape index (κ1) is 17.2. The maximum absolute atomic E-state index is 11.9. The number of halogens is 2. The molecule has 5 nitrogen and oxygen atoms in total. The van der Waals surface area contributed by atoms with E-state index in [0.717, 1.165) is 5.69 Å². The summed E-state index contributed by atoms with van der Waals surface area (Å²) in [6.07, 6.45) is 2.90. The van der Waals surface area contributed by atoms with Crippen molar-refractivity contribution in [1.29, 1.82) is 0 Å². The van der Waals surface area contributed by atoms with Crippen molar-refractivity contribution in [3.8, 4) is 11.3 Å². The van der Waals surface area contributed by atoms with Gasteiger partial charge in [-0.25, -0.2) is 5.43 Å². The van der Waals surface area contributed by atoms with Gasteiger partial charge in [0.2, 0.25) is 0 Å². The van der Waals surface area contributed by atoms with Gasteiger partial charge in [0.1, 0.15) is 11.5 Å². The molecule has 0 saturated carbocycles. The third-order valence-electron chi connectivity index (χ3n) is 3.38. The van der Waals surface area contributed by atoms with Crippen molar-refractivity contribution >= 4 is 35.3 Å². The number of hydrazone groups is 1. The highest BCUT2D eigenvalue weighted by atomic mass is 35.5. The summed E-state index contributed by atoms with van der Waals surface area (Å²) in [4.78, 5) is 16.0. The van der Waals surface area contributed by atoms with Gasteiger partial charge in [-0.2, -0.15) is 5.10 Å². The van der Waals surface area contributed by atoms with Gasteiger partial charge in [0, 0.05) is 17.5 Å². The zero-order valence-electron chi connectivity index (χ0n) is 13.2. The van der Waals surface area contributed by atoms with Crippen molar-refractivity contribution in [3.05, 3.63) is 75.7 Å². The number of hydrogen-bond donors (Lipinski definition) is 1. The normalized spacial score (nSPS) is 11.0. The lowest BCUT2D eigenvalue weighted by atomic mass is 10.2. The monoisotopic (exact) mass is 373 g/mol. The molecule has 3 aromatic rings. The summed E-state index contributed by atoms with van der Waals surface area (Å²) < 4.78 is 5.65. The van der Waals surface area contributed by atoms with Crippen molar-refractivity contribution in [2.75, 3.05) is 0 Å². The van der Waals surface area contributed by atoms with E-state index < -0.39 is 0 Å². The lowest BCUT2D eigenvalue weighted by Crippen LogP contribution is -2.17. The predicted octanol–water partition coefficient (Wildman–Crippen LogP) is 4.72. The summed E-state index contributed by atoms with van der Waals surface area (Å²) in [6, 6.07) is 12.2. The molecule has 0 unspecified atom stereocenters. The van der Waals surface area contributed by atoms with E-state index in [-0.39, 0.29) is 5.91 Å². The van der Waals surface area contributed by atoms with Crippen LogP contribution in [0.1, 0.15) is 21.8 Å². The minimum atomic E-state index is -0.353. The quantitative estimate of drug-likeness (QED) is 0.531. The molecule has 0 aliphatic heterocycles. The number of hydrogen-bond acceptors (Lipinski definition) is 4. The Morgan fingerprint density at radius 1 is 1.20 bits per heavy atom. The van der Waals surface area contributed by atoms with Gasteiger partial charge >= 0.3 is 0 Å². The van der Waals surface area contributed by atoms with Crippen LogP contribution < -0.4 is 5.43 Å². The Bertz CT molecular complexity index is 934. The number of furan rings is 1. The number of amides is 1. The molecule has 0 radical (unpaired) electrons. The maximum Gasteiger partial charge on any atom is 0.272 e. The second-order valence-electron chi connectivity index (χ2n) is 5.19. The van der Waals surface area contributed by atoms with Crippen molar-refractivity contribution in [2.24, 2.45) is 5.10 Å². The SMILES string of the molecule is Cc1ccc(C(=O)N/N=C\c2ccc(-c3cccc(Cl)c3Cl)o2)cn1. The van der Waals surface area contributed by atoms with Crippen LogP contribution in [0.5, 0.6) is 0 Å². The molecule has 7 heteroatoms. The van der Waals surface area contributed by atoms with Gasteiger partial charge in [0.05, 0.1) is 21.8 Å². The Labute approximate surface area is 154 Å². The number of benzene rings is 1. The smallest absolute Gasteiger partial charge is 0.272 e. The molecule has 1 N–H and O–H groups in total. The Hall–Kier alpha value is -2.63. The molecule has 2 heterocycles. The van der Waals surface area contributed by atoms with E-state index >= 15 is 0 Å². The Balaban J connectivity index is 1.69. The summed E-state index contributed by atoms with van der Waals surface area (Å²) in [5.74, 6) is 0.671. The first-order valence-electron chi connectivity index (χ1n) is 7.35. The number of pyridine rings is 1. The van der Waals surface area contributed by atoms with Crippen LogP contribution in [0.4, 0.5) is 0 Å². The number of carbonyl (C=O) groups excluding carboxylic acids is 1. The molecule has 0 spiro atoms. The van der Waals surface area contributed by atoms with Crippen LogP contribution in [0, 0.1) is 6.92 Å². The van der Waals surface area contributed by atoms with Gasteiger partial charge in [-0.3, -0.25) is 9.78 Å². The fourth-order valence-corrected chi connectivity index (χ4v) is 2.48. The van der Waals surface area contributed by atoms with Crippen LogP contribution in [0.3, 0.4) is 0 Å². The molecule has 0 fully saturated rings. The molecule has 1 amide bonds. The molecule has 2 aromatic heterocycles. The Morgan fingerprint density at radius 2 is 2.04 bits per heavy atom. The number of nitrogens with one attached hydrogen (secondary N) is 1. The molecule has 1 aromatic carbocycles. The van der Waals surface area contributed by atoms with Gasteiger partial charge in [-0.1, -0.05) is 29.3 Å². The van der Waals surface area contributed by atoms with E-state index in [9.17, 15) is 4.79 Å². The Kier molecular flexibility index (Phi) is 5.16. The summed E-state index contributed by atoms with van der Waals surface area (Å²) >= 11 is 12.2. The predicted molar refractivity (Wildman–Crippen MR) is 98.2 cm³/mol. The third-order valence-corrected chi connectivity index (χ3v) is 4.19. The van der Waals surface area contributed by atoms with Crippen molar-refractivity contribution < 1.29 is 9.21 Å². The van der Waals surface area contributed by atoms with Gasteiger partial charge < -0.3 is 4.42 Å². The maximum atomic E-state index is 11.9. The minimum Gasteiger partial charge on any atom is -0.455 e. The highest BCUT2D eigenvalue weighted by molar-refractivity contribution is 6.43. The van der Waals surface area contributed by atoms with Gasteiger partial charge in [0.25, 0.3) is 5.91 Å². The summed E-state index contributed by atoms with van der Waals surface area (Å²) in [5, 5.41) is 4.75. The van der Waals surface area contributed by atoms with Crippen LogP contribution in [-0.2, 0) is 0 Å². The molecule has 3 rings (SSSR count). The van der Waals surface area contributed by atoms with E-state index in [4.69, 9.17) is 27.6 Å².